The van der Waals surface area contributed by atoms with Gasteiger partial charge in [0.25, 0.3) is 0 Å². The SMILES string of the molecule is CC(C)N1CCN(c2cccc(-c3cnc4[nH]cc(-c5cnn(Cc6cccc(F)c6)c5)c4c3)c2)CC1. The predicted octanol–water partition coefficient (Wildman–Crippen LogP) is 5.81. The van der Waals surface area contributed by atoms with Gasteiger partial charge in [-0.1, -0.05) is 24.3 Å². The highest BCUT2D eigenvalue weighted by Gasteiger charge is 2.19. The van der Waals surface area contributed by atoms with Crippen LogP contribution in [0.1, 0.15) is 19.4 Å². The van der Waals surface area contributed by atoms with Crippen LogP contribution in [0.2, 0.25) is 0 Å². The summed E-state index contributed by atoms with van der Waals surface area (Å²) >= 11 is 0. The highest BCUT2D eigenvalue weighted by Crippen LogP contribution is 2.32. The third-order valence-electron chi connectivity index (χ3n) is 7.30. The van der Waals surface area contributed by atoms with Gasteiger partial charge >= 0.3 is 0 Å². The summed E-state index contributed by atoms with van der Waals surface area (Å²) in [6, 6.07) is 18.2. The topological polar surface area (TPSA) is 53.0 Å². The van der Waals surface area contributed by atoms with Gasteiger partial charge < -0.3 is 9.88 Å². The zero-order chi connectivity index (χ0) is 25.4. The molecule has 0 bridgehead atoms. The van der Waals surface area contributed by atoms with E-state index in [-0.39, 0.29) is 5.82 Å². The Morgan fingerprint density at radius 2 is 1.76 bits per heavy atom. The smallest absolute Gasteiger partial charge is 0.137 e. The van der Waals surface area contributed by atoms with Gasteiger partial charge in [0, 0.05) is 78.6 Å². The van der Waals surface area contributed by atoms with Crippen molar-refractivity contribution >= 4 is 16.7 Å². The zero-order valence-electron chi connectivity index (χ0n) is 21.2. The van der Waals surface area contributed by atoms with E-state index in [1.807, 2.05) is 35.5 Å². The fourth-order valence-corrected chi connectivity index (χ4v) is 5.19. The molecule has 2 aromatic carbocycles. The summed E-state index contributed by atoms with van der Waals surface area (Å²) in [6.07, 6.45) is 7.77. The number of aromatic amines is 1. The number of H-pyrrole nitrogens is 1. The highest BCUT2D eigenvalue weighted by atomic mass is 19.1. The molecule has 0 saturated carbocycles. The molecule has 7 heteroatoms. The van der Waals surface area contributed by atoms with Gasteiger partial charge in [-0.15, -0.1) is 0 Å². The number of nitrogens with zero attached hydrogens (tertiary/aromatic N) is 5. The first-order chi connectivity index (χ1) is 18.0. The minimum Gasteiger partial charge on any atom is -0.369 e. The molecule has 6 nitrogen and oxygen atoms in total. The fraction of sp³-hybridized carbons (Fsp3) is 0.267. The predicted molar refractivity (Wildman–Crippen MR) is 147 cm³/mol. The van der Waals surface area contributed by atoms with E-state index in [1.165, 1.54) is 11.8 Å². The van der Waals surface area contributed by atoms with Crippen LogP contribution in [0.15, 0.2) is 79.4 Å². The number of aromatic nitrogens is 4. The van der Waals surface area contributed by atoms with Gasteiger partial charge in [0.15, 0.2) is 0 Å². The lowest BCUT2D eigenvalue weighted by Gasteiger charge is -2.38. The summed E-state index contributed by atoms with van der Waals surface area (Å²) < 4.78 is 15.4. The summed E-state index contributed by atoms with van der Waals surface area (Å²) in [4.78, 5) is 13.0. The molecule has 0 amide bonds. The van der Waals surface area contributed by atoms with Crippen LogP contribution in [0, 0.1) is 5.82 Å². The van der Waals surface area contributed by atoms with Crippen molar-refractivity contribution in [2.24, 2.45) is 0 Å². The molecule has 0 radical (unpaired) electrons. The molecule has 1 aliphatic heterocycles. The van der Waals surface area contributed by atoms with Crippen LogP contribution in [-0.4, -0.2) is 56.9 Å². The van der Waals surface area contributed by atoms with Crippen LogP contribution >= 0.6 is 0 Å². The molecule has 0 spiro atoms. The quantitative estimate of drug-likeness (QED) is 0.324. The third-order valence-corrected chi connectivity index (χ3v) is 7.30. The van der Waals surface area contributed by atoms with E-state index in [0.29, 0.717) is 12.6 Å². The molecule has 1 N–H and O–H groups in total. The van der Waals surface area contributed by atoms with Crippen molar-refractivity contribution in [3.05, 3.63) is 90.8 Å². The molecular weight excluding hydrogens is 463 g/mol. The van der Waals surface area contributed by atoms with Crippen molar-refractivity contribution in [3.8, 4) is 22.3 Å². The van der Waals surface area contributed by atoms with Crippen molar-refractivity contribution in [1.82, 2.24) is 24.6 Å². The molecule has 188 valence electrons. The van der Waals surface area contributed by atoms with Gasteiger partial charge in [-0.05, 0) is 55.3 Å². The van der Waals surface area contributed by atoms with Crippen molar-refractivity contribution in [2.75, 3.05) is 31.1 Å². The van der Waals surface area contributed by atoms with Crippen LogP contribution < -0.4 is 4.90 Å². The zero-order valence-corrected chi connectivity index (χ0v) is 21.2. The second kappa shape index (κ2) is 9.82. The molecule has 0 unspecified atom stereocenters. The van der Waals surface area contributed by atoms with E-state index < -0.39 is 0 Å². The average molecular weight is 495 g/mol. The Kier molecular flexibility index (Phi) is 6.22. The lowest BCUT2D eigenvalue weighted by Crippen LogP contribution is -2.48. The second-order valence-corrected chi connectivity index (χ2v) is 10.0. The molecule has 6 rings (SSSR count). The average Bonchev–Trinajstić information content (AvgIpc) is 3.55. The molecule has 5 aromatic rings. The summed E-state index contributed by atoms with van der Waals surface area (Å²) in [6.45, 7) is 9.32. The number of hydrogen-bond acceptors (Lipinski definition) is 4. The molecule has 0 atom stereocenters. The van der Waals surface area contributed by atoms with Crippen LogP contribution in [0.5, 0.6) is 0 Å². The van der Waals surface area contributed by atoms with Crippen molar-refractivity contribution in [3.63, 3.8) is 0 Å². The van der Waals surface area contributed by atoms with E-state index in [1.54, 1.807) is 12.1 Å². The Balaban J connectivity index is 1.26. The van der Waals surface area contributed by atoms with Gasteiger partial charge in [0.2, 0.25) is 0 Å². The van der Waals surface area contributed by atoms with Crippen molar-refractivity contribution in [1.29, 1.82) is 0 Å². The summed E-state index contributed by atoms with van der Waals surface area (Å²) in [5, 5.41) is 5.57. The first-order valence-corrected chi connectivity index (χ1v) is 12.9. The van der Waals surface area contributed by atoms with E-state index in [2.05, 4.69) is 64.1 Å². The largest absolute Gasteiger partial charge is 0.369 e. The number of benzene rings is 2. The van der Waals surface area contributed by atoms with Gasteiger partial charge in [0.1, 0.15) is 11.5 Å². The number of fused-ring (bicyclic) bond motifs is 1. The second-order valence-electron chi connectivity index (χ2n) is 10.0. The standard InChI is InChI=1S/C30H31FN6/c1-21(2)35-9-11-36(12-10-35)27-8-4-6-23(14-27)24-15-28-29(18-33-30(28)32-16-24)25-17-34-37(20-25)19-22-5-3-7-26(31)13-22/h3-8,13-18,20-21H,9-12,19H2,1-2H3,(H,32,33). The molecule has 37 heavy (non-hydrogen) atoms. The Hall–Kier alpha value is -3.97. The molecule has 1 aliphatic rings. The molecule has 0 aliphatic carbocycles. The fourth-order valence-electron chi connectivity index (χ4n) is 5.19. The molecule has 3 aromatic heterocycles. The Morgan fingerprint density at radius 3 is 2.57 bits per heavy atom. The first-order valence-electron chi connectivity index (χ1n) is 12.9. The maximum Gasteiger partial charge on any atom is 0.137 e. The van der Waals surface area contributed by atoms with E-state index >= 15 is 0 Å². The Labute approximate surface area is 216 Å². The molecular formula is C30H31FN6. The Bertz CT molecular complexity index is 1530. The van der Waals surface area contributed by atoms with Crippen LogP contribution in [0.4, 0.5) is 10.1 Å². The number of halogens is 1. The monoisotopic (exact) mass is 494 g/mol. The lowest BCUT2D eigenvalue weighted by molar-refractivity contribution is 0.209. The summed E-state index contributed by atoms with van der Waals surface area (Å²) in [7, 11) is 0. The maximum atomic E-state index is 13.6. The number of anilines is 1. The molecule has 4 heterocycles. The summed E-state index contributed by atoms with van der Waals surface area (Å²) in [5.74, 6) is -0.234. The lowest BCUT2D eigenvalue weighted by atomic mass is 10.0. The van der Waals surface area contributed by atoms with Crippen LogP contribution in [0.3, 0.4) is 0 Å². The van der Waals surface area contributed by atoms with Crippen molar-refractivity contribution < 1.29 is 4.39 Å². The number of pyridine rings is 1. The van der Waals surface area contributed by atoms with Gasteiger partial charge in [-0.25, -0.2) is 9.37 Å². The number of rotatable bonds is 6. The highest BCUT2D eigenvalue weighted by molar-refractivity contribution is 5.95. The minimum atomic E-state index is -0.234. The first kappa shape index (κ1) is 23.4. The van der Waals surface area contributed by atoms with E-state index in [0.717, 1.165) is 65.0 Å². The van der Waals surface area contributed by atoms with Gasteiger partial charge in [0.05, 0.1) is 12.7 Å². The van der Waals surface area contributed by atoms with Gasteiger partial charge in [-0.2, -0.15) is 5.10 Å². The number of nitrogens with one attached hydrogen (secondary N) is 1. The number of piperazine rings is 1. The molecule has 1 fully saturated rings. The van der Waals surface area contributed by atoms with E-state index in [4.69, 9.17) is 4.98 Å². The third kappa shape index (κ3) is 4.87. The van der Waals surface area contributed by atoms with Crippen molar-refractivity contribution in [2.45, 2.75) is 26.4 Å². The Morgan fingerprint density at radius 1 is 0.919 bits per heavy atom. The van der Waals surface area contributed by atoms with E-state index in [9.17, 15) is 4.39 Å². The molecule has 1 saturated heterocycles. The maximum absolute atomic E-state index is 13.6. The van der Waals surface area contributed by atoms with Crippen LogP contribution in [-0.2, 0) is 6.54 Å². The normalized spacial score (nSPS) is 14.6. The minimum absolute atomic E-state index is 0.234. The number of hydrogen-bond donors (Lipinski definition) is 1. The van der Waals surface area contributed by atoms with Crippen LogP contribution in [0.25, 0.3) is 33.3 Å². The summed E-state index contributed by atoms with van der Waals surface area (Å²) in [5.41, 5.74) is 7.28. The van der Waals surface area contributed by atoms with Gasteiger partial charge in [-0.3, -0.25) is 9.58 Å².